The van der Waals surface area contributed by atoms with E-state index < -0.39 is 0 Å². The molecule has 0 spiro atoms. The van der Waals surface area contributed by atoms with Crippen LogP contribution in [0, 0.1) is 14.7 Å². The monoisotopic (exact) mass is 510 g/mol. The van der Waals surface area contributed by atoms with Crippen molar-refractivity contribution in [1.82, 2.24) is 10.2 Å². The van der Waals surface area contributed by atoms with Crippen LogP contribution in [0.5, 0.6) is 0 Å². The third-order valence-corrected chi connectivity index (χ3v) is 6.27. The van der Waals surface area contributed by atoms with Crippen molar-refractivity contribution in [3.05, 3.63) is 79.6 Å². The van der Waals surface area contributed by atoms with Gasteiger partial charge in [0.15, 0.2) is 0 Å². The highest BCUT2D eigenvalue weighted by Crippen LogP contribution is 2.27. The molecule has 2 aromatic heterocycles. The minimum Gasteiger partial charge on any atom is -0.416 e. The van der Waals surface area contributed by atoms with E-state index in [1.807, 2.05) is 42.5 Å². The topological polar surface area (TPSA) is 38.9 Å². The molecule has 3 nitrogen and oxygen atoms in total. The maximum Gasteiger partial charge on any atom is 0.248 e. The molecule has 4 rings (SSSR count). The van der Waals surface area contributed by atoms with Crippen LogP contribution in [0.25, 0.3) is 22.9 Å². The van der Waals surface area contributed by atoms with E-state index in [0.717, 1.165) is 21.6 Å². The molecule has 0 fully saturated rings. The normalized spacial score (nSPS) is 11.2. The van der Waals surface area contributed by atoms with Gasteiger partial charge in [-0.15, -0.1) is 21.5 Å². The summed E-state index contributed by atoms with van der Waals surface area (Å²) in [5.41, 5.74) is 4.14. The van der Waals surface area contributed by atoms with Crippen LogP contribution >= 0.6 is 33.9 Å². The maximum atomic E-state index is 5.90. The van der Waals surface area contributed by atoms with Crippen molar-refractivity contribution in [2.75, 3.05) is 0 Å². The molecule has 29 heavy (non-hydrogen) atoms. The van der Waals surface area contributed by atoms with E-state index in [1.165, 1.54) is 8.45 Å². The molecule has 0 aliphatic rings. The van der Waals surface area contributed by atoms with Gasteiger partial charge in [-0.25, -0.2) is 0 Å². The fourth-order valence-electron chi connectivity index (χ4n) is 2.78. The largest absolute Gasteiger partial charge is 0.416 e. The average Bonchev–Trinajstić information content (AvgIpc) is 3.36. The van der Waals surface area contributed by atoms with Crippen LogP contribution in [0.15, 0.2) is 65.1 Å². The Morgan fingerprint density at radius 1 is 0.793 bits per heavy atom. The summed E-state index contributed by atoms with van der Waals surface area (Å²) < 4.78 is 7.13. The fourth-order valence-corrected chi connectivity index (χ4v) is 4.26. The minimum absolute atomic E-state index is 0.116. The molecule has 2 aromatic carbocycles. The number of hydrogen-bond acceptors (Lipinski definition) is 4. The van der Waals surface area contributed by atoms with Gasteiger partial charge in [0.05, 0.1) is 7.76 Å². The molecular weight excluding hydrogens is 491 g/mol. The molecular formula is C24H19IN2OS. The van der Waals surface area contributed by atoms with Gasteiger partial charge in [-0.1, -0.05) is 44.7 Å². The molecule has 0 bridgehead atoms. The Morgan fingerprint density at radius 2 is 1.38 bits per heavy atom. The number of benzene rings is 2. The van der Waals surface area contributed by atoms with Crippen LogP contribution in [-0.2, 0) is 5.41 Å². The molecule has 0 N–H and O–H groups in total. The van der Waals surface area contributed by atoms with Crippen LogP contribution in [-0.4, -0.2) is 10.2 Å². The average molecular weight is 510 g/mol. The first-order valence-corrected chi connectivity index (χ1v) is 11.1. The van der Waals surface area contributed by atoms with Gasteiger partial charge in [0.1, 0.15) is 0 Å². The standard InChI is InChI=1S/C24H19IN2OS/c1-24(2,3)19-11-9-18(10-12-19)23-27-26-22(28-23)17-7-4-16(5-8-17)6-13-20-14-15-21(25)29-20/h4-5,7-12,14-15H,1-3H3. The maximum absolute atomic E-state index is 5.90. The number of halogens is 1. The number of aromatic nitrogens is 2. The Kier molecular flexibility index (Phi) is 5.57. The van der Waals surface area contributed by atoms with Crippen molar-refractivity contribution < 1.29 is 4.42 Å². The van der Waals surface area contributed by atoms with E-state index in [0.29, 0.717) is 11.8 Å². The highest BCUT2D eigenvalue weighted by atomic mass is 127. The van der Waals surface area contributed by atoms with Crippen molar-refractivity contribution >= 4 is 33.9 Å². The zero-order valence-corrected chi connectivity index (χ0v) is 19.3. The molecule has 0 radical (unpaired) electrons. The third-order valence-electron chi connectivity index (χ3n) is 4.46. The van der Waals surface area contributed by atoms with Crippen LogP contribution in [0.2, 0.25) is 0 Å². The first-order valence-electron chi connectivity index (χ1n) is 9.21. The van der Waals surface area contributed by atoms with Crippen molar-refractivity contribution in [3.8, 4) is 34.7 Å². The van der Waals surface area contributed by atoms with Crippen molar-refractivity contribution in [2.45, 2.75) is 26.2 Å². The number of hydrogen-bond donors (Lipinski definition) is 0. The predicted octanol–water partition coefficient (Wildman–Crippen LogP) is 6.77. The van der Waals surface area contributed by atoms with Crippen molar-refractivity contribution in [2.24, 2.45) is 0 Å². The predicted molar refractivity (Wildman–Crippen MR) is 127 cm³/mol. The second-order valence-corrected chi connectivity index (χ2v) is 10.6. The van der Waals surface area contributed by atoms with E-state index >= 15 is 0 Å². The number of thiophene rings is 1. The molecule has 0 aliphatic heterocycles. The van der Waals surface area contributed by atoms with E-state index in [2.05, 4.69) is 83.6 Å². The quantitative estimate of drug-likeness (QED) is 0.221. The van der Waals surface area contributed by atoms with Gasteiger partial charge in [-0.3, -0.25) is 0 Å². The second kappa shape index (κ2) is 8.13. The van der Waals surface area contributed by atoms with E-state index in [1.54, 1.807) is 11.3 Å². The lowest BCUT2D eigenvalue weighted by Crippen LogP contribution is -2.10. The smallest absolute Gasteiger partial charge is 0.248 e. The zero-order chi connectivity index (χ0) is 20.4. The van der Waals surface area contributed by atoms with Gasteiger partial charge in [-0.05, 0) is 82.1 Å². The highest BCUT2D eigenvalue weighted by Gasteiger charge is 2.15. The van der Waals surface area contributed by atoms with Gasteiger partial charge in [-0.2, -0.15) is 0 Å². The Hall–Kier alpha value is -2.43. The molecule has 5 heteroatoms. The second-order valence-electron chi connectivity index (χ2n) is 7.67. The summed E-state index contributed by atoms with van der Waals surface area (Å²) in [5, 5.41) is 8.42. The Balaban J connectivity index is 1.51. The lowest BCUT2D eigenvalue weighted by atomic mass is 9.87. The summed E-state index contributed by atoms with van der Waals surface area (Å²) in [4.78, 5) is 1.07. The van der Waals surface area contributed by atoms with Gasteiger partial charge in [0.25, 0.3) is 0 Å². The summed E-state index contributed by atoms with van der Waals surface area (Å²) in [5.74, 6) is 7.42. The summed E-state index contributed by atoms with van der Waals surface area (Å²) >= 11 is 3.99. The van der Waals surface area contributed by atoms with Gasteiger partial charge in [0, 0.05) is 16.7 Å². The number of nitrogens with zero attached hydrogens (tertiary/aromatic N) is 2. The van der Waals surface area contributed by atoms with Crippen LogP contribution in [0.3, 0.4) is 0 Å². The van der Waals surface area contributed by atoms with Gasteiger partial charge >= 0.3 is 0 Å². The molecule has 2 heterocycles. The Morgan fingerprint density at radius 3 is 1.90 bits per heavy atom. The van der Waals surface area contributed by atoms with Crippen molar-refractivity contribution in [1.29, 1.82) is 0 Å². The SMILES string of the molecule is CC(C)(C)c1ccc(-c2nnc(-c3ccc(C#Cc4ccc(I)s4)cc3)o2)cc1. The lowest BCUT2D eigenvalue weighted by molar-refractivity contribution is 0.582. The highest BCUT2D eigenvalue weighted by molar-refractivity contribution is 14.1. The zero-order valence-electron chi connectivity index (χ0n) is 16.4. The van der Waals surface area contributed by atoms with E-state index in [9.17, 15) is 0 Å². The van der Waals surface area contributed by atoms with E-state index in [-0.39, 0.29) is 5.41 Å². The van der Waals surface area contributed by atoms with E-state index in [4.69, 9.17) is 4.42 Å². The molecule has 0 saturated carbocycles. The Bertz CT molecular complexity index is 1190. The summed E-state index contributed by atoms with van der Waals surface area (Å²) in [6, 6.07) is 20.3. The molecule has 4 aromatic rings. The lowest BCUT2D eigenvalue weighted by Gasteiger charge is -2.18. The van der Waals surface area contributed by atoms with Crippen LogP contribution in [0.1, 0.15) is 36.8 Å². The molecule has 0 aliphatic carbocycles. The fraction of sp³-hybridized carbons (Fsp3) is 0.167. The molecule has 0 atom stereocenters. The molecule has 0 saturated heterocycles. The molecule has 0 unspecified atom stereocenters. The van der Waals surface area contributed by atoms with Crippen LogP contribution < -0.4 is 0 Å². The summed E-state index contributed by atoms with van der Waals surface area (Å²) in [7, 11) is 0. The third kappa shape index (κ3) is 4.77. The van der Waals surface area contributed by atoms with Gasteiger partial charge in [0.2, 0.25) is 11.8 Å². The number of rotatable bonds is 2. The molecule has 0 amide bonds. The van der Waals surface area contributed by atoms with Gasteiger partial charge < -0.3 is 4.42 Å². The first-order chi connectivity index (χ1) is 13.9. The first kappa shape index (κ1) is 19.9. The summed E-state index contributed by atoms with van der Waals surface area (Å²) in [6.45, 7) is 6.59. The van der Waals surface area contributed by atoms with Crippen molar-refractivity contribution in [3.63, 3.8) is 0 Å². The Labute approximate surface area is 188 Å². The minimum atomic E-state index is 0.116. The summed E-state index contributed by atoms with van der Waals surface area (Å²) in [6.07, 6.45) is 0. The van der Waals surface area contributed by atoms with Crippen LogP contribution in [0.4, 0.5) is 0 Å². The molecule has 144 valence electrons.